The number of aryl methyl sites for hydroxylation is 1. The number of hydrogen-bond donors (Lipinski definition) is 2. The molecule has 21 heavy (non-hydrogen) atoms. The van der Waals surface area contributed by atoms with Crippen LogP contribution in [0.25, 0.3) is 0 Å². The molecule has 1 fully saturated rings. The molecule has 8 heteroatoms. The first-order valence-electron chi connectivity index (χ1n) is 6.63. The van der Waals surface area contributed by atoms with Crippen molar-refractivity contribution >= 4 is 15.7 Å². The second-order valence-corrected chi connectivity index (χ2v) is 7.28. The van der Waals surface area contributed by atoms with Crippen molar-refractivity contribution in [1.82, 2.24) is 5.32 Å². The highest BCUT2D eigenvalue weighted by molar-refractivity contribution is 7.93. The van der Waals surface area contributed by atoms with Gasteiger partial charge >= 0.3 is 15.5 Å². The molecule has 0 radical (unpaired) electrons. The molecule has 4 nitrogen and oxygen atoms in total. The molecule has 0 bridgehead atoms. The molecule has 1 aliphatic carbocycles. The van der Waals surface area contributed by atoms with E-state index in [-0.39, 0.29) is 5.69 Å². The lowest BCUT2D eigenvalue weighted by atomic mass is 9.96. The van der Waals surface area contributed by atoms with Crippen LogP contribution in [-0.2, 0) is 16.6 Å². The number of fused-ring (bicyclic) bond motifs is 3. The first-order chi connectivity index (χ1) is 9.71. The van der Waals surface area contributed by atoms with Gasteiger partial charge in [0.05, 0.1) is 5.69 Å². The molecule has 0 amide bonds. The maximum Gasteiger partial charge on any atom is 0.516 e. The minimum Gasteiger partial charge on any atom is -0.312 e. The maximum absolute atomic E-state index is 12.5. The van der Waals surface area contributed by atoms with Crippen LogP contribution in [0.5, 0.6) is 0 Å². The minimum absolute atomic E-state index is 0.0213. The van der Waals surface area contributed by atoms with Gasteiger partial charge in [-0.15, -0.1) is 0 Å². The summed E-state index contributed by atoms with van der Waals surface area (Å²) in [5, 5.41) is 3.17. The van der Waals surface area contributed by atoms with Crippen molar-refractivity contribution < 1.29 is 21.6 Å². The van der Waals surface area contributed by atoms with Gasteiger partial charge in [-0.3, -0.25) is 4.72 Å². The number of benzene rings is 1. The van der Waals surface area contributed by atoms with Crippen LogP contribution >= 0.6 is 0 Å². The average Bonchev–Trinajstić information content (AvgIpc) is 3.09. The van der Waals surface area contributed by atoms with Gasteiger partial charge in [-0.2, -0.15) is 21.6 Å². The molecule has 1 saturated carbocycles. The molecule has 0 saturated heterocycles. The van der Waals surface area contributed by atoms with Crippen LogP contribution in [-0.4, -0.2) is 20.5 Å². The number of hydrogen-bond acceptors (Lipinski definition) is 3. The second kappa shape index (κ2) is 4.61. The molecule has 1 aromatic carbocycles. The van der Waals surface area contributed by atoms with Crippen molar-refractivity contribution in [2.45, 2.75) is 31.3 Å². The molecule has 1 heterocycles. The lowest BCUT2D eigenvalue weighted by Gasteiger charge is -2.18. The fourth-order valence-corrected chi connectivity index (χ4v) is 3.59. The van der Waals surface area contributed by atoms with Gasteiger partial charge in [-0.25, -0.2) is 0 Å². The summed E-state index contributed by atoms with van der Waals surface area (Å²) in [6.45, 7) is 3.09. The van der Waals surface area contributed by atoms with Gasteiger partial charge < -0.3 is 5.32 Å². The molecule has 1 aromatic rings. The van der Waals surface area contributed by atoms with Crippen molar-refractivity contribution in [2.24, 2.45) is 5.92 Å². The van der Waals surface area contributed by atoms with Gasteiger partial charge in [-0.1, -0.05) is 6.07 Å². The molecule has 0 spiro atoms. The zero-order valence-corrected chi connectivity index (χ0v) is 12.1. The first kappa shape index (κ1) is 14.6. The zero-order valence-electron chi connectivity index (χ0n) is 11.3. The minimum atomic E-state index is -5.39. The predicted molar refractivity (Wildman–Crippen MR) is 72.3 cm³/mol. The Morgan fingerprint density at radius 2 is 2.05 bits per heavy atom. The van der Waals surface area contributed by atoms with E-state index >= 15 is 0 Å². The van der Waals surface area contributed by atoms with Crippen molar-refractivity contribution in [1.29, 1.82) is 0 Å². The predicted octanol–water partition coefficient (Wildman–Crippen LogP) is 2.46. The van der Waals surface area contributed by atoms with Crippen LogP contribution < -0.4 is 10.0 Å². The van der Waals surface area contributed by atoms with Crippen molar-refractivity contribution in [2.75, 3.05) is 11.3 Å². The van der Waals surface area contributed by atoms with E-state index in [2.05, 4.69) is 5.32 Å². The third-order valence-electron chi connectivity index (χ3n) is 4.13. The van der Waals surface area contributed by atoms with Crippen LogP contribution in [0, 0.1) is 12.8 Å². The highest BCUT2D eigenvalue weighted by Gasteiger charge is 2.47. The van der Waals surface area contributed by atoms with Crippen LogP contribution in [0.3, 0.4) is 0 Å². The molecule has 0 unspecified atom stereocenters. The highest BCUT2D eigenvalue weighted by Crippen LogP contribution is 2.51. The van der Waals surface area contributed by atoms with Gasteiger partial charge in [0, 0.05) is 6.54 Å². The summed E-state index contributed by atoms with van der Waals surface area (Å²) in [6, 6.07) is 3.08. The number of sulfonamides is 1. The molecule has 3 rings (SSSR count). The smallest absolute Gasteiger partial charge is 0.312 e. The summed E-state index contributed by atoms with van der Waals surface area (Å²) in [4.78, 5) is 0. The second-order valence-electron chi connectivity index (χ2n) is 5.61. The van der Waals surface area contributed by atoms with Crippen molar-refractivity contribution in [3.8, 4) is 0 Å². The summed E-state index contributed by atoms with van der Waals surface area (Å²) in [6.07, 6.45) is 0.996. The number of alkyl halides is 3. The quantitative estimate of drug-likeness (QED) is 0.880. The summed E-state index contributed by atoms with van der Waals surface area (Å²) < 4.78 is 61.9. The molecule has 2 aliphatic rings. The normalized spacial score (nSPS) is 24.8. The molecular weight excluding hydrogens is 305 g/mol. The van der Waals surface area contributed by atoms with E-state index < -0.39 is 15.5 Å². The molecule has 1 aliphatic heterocycles. The van der Waals surface area contributed by atoms with Gasteiger partial charge in [0.2, 0.25) is 0 Å². The van der Waals surface area contributed by atoms with Crippen LogP contribution in [0.1, 0.15) is 29.0 Å². The summed E-state index contributed by atoms with van der Waals surface area (Å²) >= 11 is 0. The molecule has 2 N–H and O–H groups in total. The lowest BCUT2D eigenvalue weighted by Crippen LogP contribution is -2.30. The van der Waals surface area contributed by atoms with E-state index in [1.165, 1.54) is 6.07 Å². The summed E-state index contributed by atoms with van der Waals surface area (Å²) in [7, 11) is -5.39. The van der Waals surface area contributed by atoms with Crippen LogP contribution in [0.2, 0.25) is 0 Å². The lowest BCUT2D eigenvalue weighted by molar-refractivity contribution is -0.0429. The van der Waals surface area contributed by atoms with Crippen LogP contribution in [0.4, 0.5) is 18.9 Å². The fourth-order valence-electron chi connectivity index (χ4n) is 3.00. The highest BCUT2D eigenvalue weighted by atomic mass is 32.2. The third-order valence-corrected chi connectivity index (χ3v) is 5.22. The largest absolute Gasteiger partial charge is 0.516 e. The van der Waals surface area contributed by atoms with Crippen LogP contribution in [0.15, 0.2) is 12.1 Å². The topological polar surface area (TPSA) is 58.2 Å². The third kappa shape index (κ3) is 2.50. The Labute approximate surface area is 120 Å². The Bertz CT molecular complexity index is 685. The number of rotatable bonds is 2. The van der Waals surface area contributed by atoms with Gasteiger partial charge in [0.15, 0.2) is 0 Å². The van der Waals surface area contributed by atoms with E-state index in [0.717, 1.165) is 24.1 Å². The molecule has 2 atom stereocenters. The standard InChI is InChI=1S/C13H15F3N2O2S/c1-7-2-3-11(18-21(19,20)13(14,15)16)10-6-17-5-8-4-9(8)12(7)10/h2-3,8-9,17-18H,4-6H2,1H3/t8-,9-/m0/s1. The van der Waals surface area contributed by atoms with Crippen molar-refractivity contribution in [3.05, 3.63) is 28.8 Å². The molecule has 0 aromatic heterocycles. The average molecular weight is 320 g/mol. The number of nitrogens with one attached hydrogen (secondary N) is 2. The van der Waals surface area contributed by atoms with E-state index in [1.807, 2.05) is 6.92 Å². The molecule has 116 valence electrons. The Kier molecular flexibility index (Phi) is 3.21. The zero-order chi connectivity index (χ0) is 15.4. The van der Waals surface area contributed by atoms with Gasteiger partial charge in [0.1, 0.15) is 0 Å². The summed E-state index contributed by atoms with van der Waals surface area (Å²) in [5.41, 5.74) is -2.67. The first-order valence-corrected chi connectivity index (χ1v) is 8.11. The van der Waals surface area contributed by atoms with E-state index in [1.54, 1.807) is 10.8 Å². The number of halogens is 3. The fraction of sp³-hybridized carbons (Fsp3) is 0.538. The Morgan fingerprint density at radius 1 is 1.33 bits per heavy atom. The number of anilines is 1. The Hall–Kier alpha value is -1.28. The molecular formula is C13H15F3N2O2S. The van der Waals surface area contributed by atoms with E-state index in [0.29, 0.717) is 23.9 Å². The van der Waals surface area contributed by atoms with E-state index in [9.17, 15) is 21.6 Å². The van der Waals surface area contributed by atoms with Crippen molar-refractivity contribution in [3.63, 3.8) is 0 Å². The van der Waals surface area contributed by atoms with Gasteiger partial charge in [-0.05, 0) is 54.5 Å². The SMILES string of the molecule is Cc1ccc(NS(=O)(=O)C(F)(F)F)c2c1[C@H]1C[C@H]1CNC2. The summed E-state index contributed by atoms with van der Waals surface area (Å²) in [5.74, 6) is 0.824. The van der Waals surface area contributed by atoms with Gasteiger partial charge in [0.25, 0.3) is 0 Å². The maximum atomic E-state index is 12.5. The monoisotopic (exact) mass is 320 g/mol. The Balaban J connectivity index is 2.04. The Morgan fingerprint density at radius 3 is 2.71 bits per heavy atom. The van der Waals surface area contributed by atoms with E-state index in [4.69, 9.17) is 0 Å².